The number of hydrogen-bond acceptors (Lipinski definition) is 4. The molecule has 1 aromatic carbocycles. The van der Waals surface area contributed by atoms with Crippen LogP contribution in [0.2, 0.25) is 0 Å². The third kappa shape index (κ3) is 2.81. The Bertz CT molecular complexity index is 578. The topological polar surface area (TPSA) is 72.6 Å². The fourth-order valence-corrected chi connectivity index (χ4v) is 2.46. The van der Waals surface area contributed by atoms with Gasteiger partial charge in [-0.2, -0.15) is 0 Å². The molecule has 0 spiro atoms. The van der Waals surface area contributed by atoms with E-state index in [4.69, 9.17) is 5.73 Å². The minimum atomic E-state index is -1.10. The van der Waals surface area contributed by atoms with E-state index in [2.05, 4.69) is 4.74 Å². The van der Waals surface area contributed by atoms with E-state index in [1.807, 2.05) is 0 Å². The number of methoxy groups -OCH3 is 1. The summed E-state index contributed by atoms with van der Waals surface area (Å²) in [5.41, 5.74) is 4.33. The molecule has 0 bridgehead atoms. The second-order valence-electron chi connectivity index (χ2n) is 4.86. The lowest BCUT2D eigenvalue weighted by Gasteiger charge is -2.34. The molecule has 1 saturated heterocycles. The number of nitrogen functional groups attached to an aromatic ring is 1. The Hall–Kier alpha value is -2.18. The van der Waals surface area contributed by atoms with Crippen LogP contribution in [0.15, 0.2) is 12.1 Å². The van der Waals surface area contributed by atoms with Gasteiger partial charge < -0.3 is 15.4 Å². The number of piperidine rings is 1. The summed E-state index contributed by atoms with van der Waals surface area (Å²) in [6.07, 6.45) is 1.81. The van der Waals surface area contributed by atoms with Crippen molar-refractivity contribution >= 4 is 17.6 Å². The molecule has 1 fully saturated rings. The van der Waals surface area contributed by atoms with Crippen molar-refractivity contribution in [1.82, 2.24) is 4.90 Å². The lowest BCUT2D eigenvalue weighted by molar-refractivity contribution is -0.147. The number of ether oxygens (including phenoxy) is 1. The second kappa shape index (κ2) is 6.07. The standard InChI is InChI=1S/C14H16F2N2O3/c1-21-14(20)10-4-2-3-7-18(10)13(19)11-8(15)5-6-9(17)12(11)16/h5-6,10H,2-4,7,17H2,1H3. The van der Waals surface area contributed by atoms with Crippen molar-refractivity contribution in [3.63, 3.8) is 0 Å². The summed E-state index contributed by atoms with van der Waals surface area (Å²) < 4.78 is 32.4. The summed E-state index contributed by atoms with van der Waals surface area (Å²) >= 11 is 0. The molecule has 1 atom stereocenters. The van der Waals surface area contributed by atoms with E-state index >= 15 is 0 Å². The van der Waals surface area contributed by atoms with E-state index in [0.717, 1.165) is 23.5 Å². The van der Waals surface area contributed by atoms with Crippen LogP contribution in [0.25, 0.3) is 0 Å². The van der Waals surface area contributed by atoms with Crippen molar-refractivity contribution in [2.24, 2.45) is 0 Å². The van der Waals surface area contributed by atoms with Gasteiger partial charge in [-0.15, -0.1) is 0 Å². The van der Waals surface area contributed by atoms with Gasteiger partial charge in [-0.1, -0.05) is 0 Å². The molecule has 5 nitrogen and oxygen atoms in total. The number of amides is 1. The summed E-state index contributed by atoms with van der Waals surface area (Å²) in [6.45, 7) is 0.242. The second-order valence-corrected chi connectivity index (χ2v) is 4.86. The van der Waals surface area contributed by atoms with Gasteiger partial charge in [0, 0.05) is 6.54 Å². The summed E-state index contributed by atoms with van der Waals surface area (Å²) in [6, 6.07) is 1.16. The van der Waals surface area contributed by atoms with Crippen LogP contribution >= 0.6 is 0 Å². The Morgan fingerprint density at radius 1 is 1.33 bits per heavy atom. The molecule has 0 aliphatic carbocycles. The monoisotopic (exact) mass is 298 g/mol. The number of nitrogens with two attached hydrogens (primary N) is 1. The number of benzene rings is 1. The fourth-order valence-electron chi connectivity index (χ4n) is 2.46. The Balaban J connectivity index is 2.38. The predicted octanol–water partition coefficient (Wildman–Crippen LogP) is 1.71. The van der Waals surface area contributed by atoms with E-state index in [9.17, 15) is 18.4 Å². The summed E-state index contributed by atoms with van der Waals surface area (Å²) in [4.78, 5) is 25.3. The van der Waals surface area contributed by atoms with Gasteiger partial charge in [0.05, 0.1) is 12.8 Å². The number of halogens is 2. The lowest BCUT2D eigenvalue weighted by atomic mass is 10.0. The summed E-state index contributed by atoms with van der Waals surface area (Å²) in [7, 11) is 1.21. The molecule has 1 unspecified atom stereocenters. The van der Waals surface area contributed by atoms with Gasteiger partial charge in [0.1, 0.15) is 17.4 Å². The van der Waals surface area contributed by atoms with E-state index in [1.165, 1.54) is 7.11 Å². The van der Waals surface area contributed by atoms with Crippen LogP contribution in [-0.2, 0) is 9.53 Å². The van der Waals surface area contributed by atoms with Gasteiger partial charge in [-0.05, 0) is 31.4 Å². The van der Waals surface area contributed by atoms with Crippen molar-refractivity contribution in [2.45, 2.75) is 25.3 Å². The highest BCUT2D eigenvalue weighted by Crippen LogP contribution is 2.25. The smallest absolute Gasteiger partial charge is 0.328 e. The minimum Gasteiger partial charge on any atom is -0.467 e. The first kappa shape index (κ1) is 15.2. The maximum atomic E-state index is 13.9. The number of rotatable bonds is 2. The molecule has 0 radical (unpaired) electrons. The molecule has 2 N–H and O–H groups in total. The molecule has 1 aromatic rings. The van der Waals surface area contributed by atoms with Crippen LogP contribution in [-0.4, -0.2) is 36.5 Å². The zero-order chi connectivity index (χ0) is 15.6. The first-order valence-corrected chi connectivity index (χ1v) is 6.59. The zero-order valence-corrected chi connectivity index (χ0v) is 11.6. The number of carbonyl (C=O) groups is 2. The largest absolute Gasteiger partial charge is 0.467 e. The van der Waals surface area contributed by atoms with E-state index in [1.54, 1.807) is 0 Å². The molecule has 7 heteroatoms. The van der Waals surface area contributed by atoms with Gasteiger partial charge in [-0.3, -0.25) is 4.79 Å². The first-order valence-electron chi connectivity index (χ1n) is 6.59. The highest BCUT2D eigenvalue weighted by molar-refractivity contribution is 5.98. The molecule has 0 saturated carbocycles. The Kier molecular flexibility index (Phi) is 4.40. The summed E-state index contributed by atoms with van der Waals surface area (Å²) in [5, 5.41) is 0. The number of nitrogens with zero attached hydrogens (tertiary/aromatic N) is 1. The highest BCUT2D eigenvalue weighted by Gasteiger charge is 2.35. The average molecular weight is 298 g/mol. The van der Waals surface area contributed by atoms with Crippen LogP contribution in [0.5, 0.6) is 0 Å². The van der Waals surface area contributed by atoms with Gasteiger partial charge in [0.25, 0.3) is 5.91 Å². The molecule has 1 amide bonds. The van der Waals surface area contributed by atoms with Crippen molar-refractivity contribution in [1.29, 1.82) is 0 Å². The maximum absolute atomic E-state index is 13.9. The lowest BCUT2D eigenvalue weighted by Crippen LogP contribution is -2.48. The Morgan fingerprint density at radius 3 is 2.71 bits per heavy atom. The first-order chi connectivity index (χ1) is 9.97. The molecule has 1 aliphatic rings. The van der Waals surface area contributed by atoms with Crippen LogP contribution < -0.4 is 5.73 Å². The normalized spacial score (nSPS) is 18.4. The predicted molar refractivity (Wildman–Crippen MR) is 71.5 cm³/mol. The van der Waals surface area contributed by atoms with Crippen LogP contribution in [0.3, 0.4) is 0 Å². The number of esters is 1. The maximum Gasteiger partial charge on any atom is 0.328 e. The third-order valence-corrected chi connectivity index (χ3v) is 3.57. The van der Waals surface area contributed by atoms with Gasteiger partial charge in [-0.25, -0.2) is 13.6 Å². The van der Waals surface area contributed by atoms with Crippen molar-refractivity contribution < 1.29 is 23.1 Å². The minimum absolute atomic E-state index is 0.242. The molecule has 1 heterocycles. The Morgan fingerprint density at radius 2 is 2.05 bits per heavy atom. The van der Waals surface area contributed by atoms with E-state index in [-0.39, 0.29) is 12.2 Å². The van der Waals surface area contributed by atoms with E-state index in [0.29, 0.717) is 12.8 Å². The van der Waals surface area contributed by atoms with Crippen molar-refractivity contribution in [3.8, 4) is 0 Å². The highest BCUT2D eigenvalue weighted by atomic mass is 19.1. The van der Waals surface area contributed by atoms with Gasteiger partial charge in [0.15, 0.2) is 5.82 Å². The van der Waals surface area contributed by atoms with Crippen LogP contribution in [0.4, 0.5) is 14.5 Å². The molecular weight excluding hydrogens is 282 g/mol. The molecular formula is C14H16F2N2O3. The quantitative estimate of drug-likeness (QED) is 0.666. The number of carbonyl (C=O) groups excluding carboxylic acids is 2. The Labute approximate surface area is 120 Å². The fraction of sp³-hybridized carbons (Fsp3) is 0.429. The van der Waals surface area contributed by atoms with Crippen molar-refractivity contribution in [2.75, 3.05) is 19.4 Å². The van der Waals surface area contributed by atoms with Crippen LogP contribution in [0.1, 0.15) is 29.6 Å². The molecule has 2 rings (SSSR count). The number of hydrogen-bond donors (Lipinski definition) is 1. The molecule has 1 aliphatic heterocycles. The van der Waals surface area contributed by atoms with Crippen molar-refractivity contribution in [3.05, 3.63) is 29.3 Å². The average Bonchev–Trinajstić information content (AvgIpc) is 2.50. The third-order valence-electron chi connectivity index (χ3n) is 3.57. The SMILES string of the molecule is COC(=O)C1CCCCN1C(=O)c1c(F)ccc(N)c1F. The van der Waals surface area contributed by atoms with Gasteiger partial charge in [0.2, 0.25) is 0 Å². The van der Waals surface area contributed by atoms with Gasteiger partial charge >= 0.3 is 5.97 Å². The molecule has 21 heavy (non-hydrogen) atoms. The zero-order valence-electron chi connectivity index (χ0n) is 11.6. The number of likely N-dealkylation sites (tertiary alicyclic amines) is 1. The molecule has 0 aromatic heterocycles. The molecule has 114 valence electrons. The van der Waals surface area contributed by atoms with E-state index < -0.39 is 35.1 Å². The summed E-state index contributed by atoms with van der Waals surface area (Å²) in [5.74, 6) is -3.57. The van der Waals surface area contributed by atoms with Crippen LogP contribution in [0, 0.1) is 11.6 Å². The number of anilines is 1.